The van der Waals surface area contributed by atoms with Crippen LogP contribution in [0.4, 0.5) is 0 Å². The minimum Gasteiger partial charge on any atom is -0.481 e. The van der Waals surface area contributed by atoms with Gasteiger partial charge in [-0.25, -0.2) is 9.59 Å². The van der Waals surface area contributed by atoms with E-state index >= 15 is 0 Å². The average molecular weight is 377 g/mol. The first-order valence-corrected chi connectivity index (χ1v) is 8.99. The number of aliphatic carboxylic acids is 1. The van der Waals surface area contributed by atoms with Crippen molar-refractivity contribution in [2.24, 2.45) is 0 Å². The van der Waals surface area contributed by atoms with Crippen molar-refractivity contribution in [3.05, 3.63) is 28.8 Å². The van der Waals surface area contributed by atoms with E-state index in [0.717, 1.165) is 6.42 Å². The number of likely N-dealkylation sites (tertiary alicyclic amines) is 1. The lowest BCUT2D eigenvalue weighted by atomic mass is 10.0. The second kappa shape index (κ2) is 7.98. The molecule has 0 radical (unpaired) electrons. The van der Waals surface area contributed by atoms with Gasteiger partial charge in [0.25, 0.3) is 5.91 Å². The van der Waals surface area contributed by atoms with E-state index < -0.39 is 24.2 Å². The summed E-state index contributed by atoms with van der Waals surface area (Å²) in [5.41, 5.74) is 1.19. The first-order valence-electron chi connectivity index (χ1n) is 8.99. The van der Waals surface area contributed by atoms with E-state index in [2.05, 4.69) is 0 Å². The van der Waals surface area contributed by atoms with Gasteiger partial charge in [0.05, 0.1) is 0 Å². The van der Waals surface area contributed by atoms with Crippen LogP contribution in [0.2, 0.25) is 0 Å². The minimum atomic E-state index is -1.06. The van der Waals surface area contributed by atoms with Crippen molar-refractivity contribution < 1.29 is 29.0 Å². The lowest BCUT2D eigenvalue weighted by molar-refractivity contribution is -0.159. The Hall–Kier alpha value is -2.57. The number of benzene rings is 1. The van der Waals surface area contributed by atoms with E-state index in [-0.39, 0.29) is 11.9 Å². The highest BCUT2D eigenvalue weighted by atomic mass is 16.6. The van der Waals surface area contributed by atoms with Gasteiger partial charge in [-0.1, -0.05) is 0 Å². The molecule has 0 spiro atoms. The molecule has 0 saturated carbocycles. The quantitative estimate of drug-likeness (QED) is 0.793. The van der Waals surface area contributed by atoms with Crippen LogP contribution in [0, 0.1) is 13.8 Å². The van der Waals surface area contributed by atoms with E-state index in [1.54, 1.807) is 51.7 Å². The molecule has 1 aromatic carbocycles. The van der Waals surface area contributed by atoms with Gasteiger partial charge in [0.2, 0.25) is 0 Å². The number of carbonyl (C=O) groups is 3. The number of carboxylic acids is 1. The van der Waals surface area contributed by atoms with E-state index in [1.807, 2.05) is 0 Å². The number of carbonyl (C=O) groups excluding carboxylic acids is 2. The summed E-state index contributed by atoms with van der Waals surface area (Å²) in [5.74, 6) is -1.23. The molecule has 0 aromatic heterocycles. The molecule has 1 aliphatic rings. The lowest BCUT2D eigenvalue weighted by Gasteiger charge is -2.27. The Bertz CT molecular complexity index is 726. The molecule has 7 heteroatoms. The second-order valence-electron chi connectivity index (χ2n) is 7.81. The molecular formula is C20H27NO6. The van der Waals surface area contributed by atoms with Gasteiger partial charge in [-0.3, -0.25) is 4.79 Å². The van der Waals surface area contributed by atoms with E-state index in [0.29, 0.717) is 35.4 Å². The standard InChI is InChI=1S/C20H27NO6/c1-12-9-14(10-13(2)17(12)26-11-16(22)23)18(24)21-8-6-7-15(21)19(25)27-20(3,4)5/h9-10,15H,6-8,11H2,1-5H3,(H,22,23)/t15-/m0/s1. The topological polar surface area (TPSA) is 93.1 Å². The molecule has 1 aromatic rings. The van der Waals surface area contributed by atoms with Crippen LogP contribution in [0.3, 0.4) is 0 Å². The summed E-state index contributed by atoms with van der Waals surface area (Å²) in [5, 5.41) is 8.78. The number of nitrogens with zero attached hydrogens (tertiary/aromatic N) is 1. The Balaban J connectivity index is 2.21. The molecule has 1 fully saturated rings. The normalized spacial score (nSPS) is 16.9. The monoisotopic (exact) mass is 377 g/mol. The maximum absolute atomic E-state index is 13.0. The maximum Gasteiger partial charge on any atom is 0.341 e. The first kappa shape index (κ1) is 20.7. The Labute approximate surface area is 159 Å². The fraction of sp³-hybridized carbons (Fsp3) is 0.550. The van der Waals surface area contributed by atoms with Crippen LogP contribution >= 0.6 is 0 Å². The molecule has 2 rings (SSSR count). The molecule has 0 unspecified atom stereocenters. The van der Waals surface area contributed by atoms with E-state index in [9.17, 15) is 14.4 Å². The van der Waals surface area contributed by atoms with Crippen LogP contribution in [0.5, 0.6) is 5.75 Å². The zero-order valence-corrected chi connectivity index (χ0v) is 16.5. The molecule has 27 heavy (non-hydrogen) atoms. The zero-order valence-electron chi connectivity index (χ0n) is 16.5. The van der Waals surface area contributed by atoms with Crippen molar-refractivity contribution in [1.29, 1.82) is 0 Å². The van der Waals surface area contributed by atoms with Crippen molar-refractivity contribution >= 4 is 17.8 Å². The highest BCUT2D eigenvalue weighted by molar-refractivity contribution is 5.97. The average Bonchev–Trinajstić information content (AvgIpc) is 3.01. The summed E-state index contributed by atoms with van der Waals surface area (Å²) in [7, 11) is 0. The number of hydrogen-bond acceptors (Lipinski definition) is 5. The van der Waals surface area contributed by atoms with Crippen molar-refractivity contribution in [1.82, 2.24) is 4.90 Å². The van der Waals surface area contributed by atoms with Crippen molar-refractivity contribution in [3.8, 4) is 5.75 Å². The highest BCUT2D eigenvalue weighted by Crippen LogP contribution is 2.28. The first-order chi connectivity index (χ1) is 12.5. The van der Waals surface area contributed by atoms with Gasteiger partial charge in [0.15, 0.2) is 6.61 Å². The van der Waals surface area contributed by atoms with Crippen LogP contribution in [0.25, 0.3) is 0 Å². The molecule has 1 amide bonds. The molecule has 0 aliphatic carbocycles. The molecule has 1 heterocycles. The lowest BCUT2D eigenvalue weighted by Crippen LogP contribution is -2.43. The Morgan fingerprint density at radius 2 is 1.78 bits per heavy atom. The molecular weight excluding hydrogens is 350 g/mol. The predicted molar refractivity (Wildman–Crippen MR) is 99.0 cm³/mol. The van der Waals surface area contributed by atoms with Gasteiger partial charge < -0.3 is 19.5 Å². The molecule has 7 nitrogen and oxygen atoms in total. The zero-order chi connectivity index (χ0) is 20.4. The van der Waals surface area contributed by atoms with E-state index in [4.69, 9.17) is 14.6 Å². The third kappa shape index (κ3) is 5.21. The summed E-state index contributed by atoms with van der Waals surface area (Å²) >= 11 is 0. The summed E-state index contributed by atoms with van der Waals surface area (Å²) in [6.45, 7) is 8.98. The number of rotatable bonds is 5. The van der Waals surface area contributed by atoms with Gasteiger partial charge in [-0.15, -0.1) is 0 Å². The number of hydrogen-bond donors (Lipinski definition) is 1. The SMILES string of the molecule is Cc1cc(C(=O)N2CCC[C@H]2C(=O)OC(C)(C)C)cc(C)c1OCC(=O)O. The number of amides is 1. The minimum absolute atomic E-state index is 0.237. The Morgan fingerprint density at radius 1 is 1.19 bits per heavy atom. The van der Waals surface area contributed by atoms with Crippen molar-refractivity contribution in [2.75, 3.05) is 13.2 Å². The van der Waals surface area contributed by atoms with Gasteiger partial charge in [-0.2, -0.15) is 0 Å². The summed E-state index contributed by atoms with van der Waals surface area (Å²) in [6.07, 6.45) is 1.33. The fourth-order valence-corrected chi connectivity index (χ4v) is 3.23. The number of aryl methyl sites for hydroxylation is 2. The molecule has 148 valence electrons. The van der Waals surface area contributed by atoms with Crippen LogP contribution < -0.4 is 4.74 Å². The van der Waals surface area contributed by atoms with Crippen molar-refractivity contribution in [2.45, 2.75) is 59.1 Å². The Morgan fingerprint density at radius 3 is 2.30 bits per heavy atom. The van der Waals surface area contributed by atoms with Crippen LogP contribution in [-0.4, -0.2) is 52.6 Å². The second-order valence-corrected chi connectivity index (χ2v) is 7.81. The molecule has 1 aliphatic heterocycles. The third-order valence-electron chi connectivity index (χ3n) is 4.24. The van der Waals surface area contributed by atoms with Crippen LogP contribution in [-0.2, 0) is 14.3 Å². The fourth-order valence-electron chi connectivity index (χ4n) is 3.23. The van der Waals surface area contributed by atoms with Crippen LogP contribution in [0.15, 0.2) is 12.1 Å². The van der Waals surface area contributed by atoms with Gasteiger partial charge in [0, 0.05) is 12.1 Å². The molecule has 1 N–H and O–H groups in total. The van der Waals surface area contributed by atoms with Crippen molar-refractivity contribution in [3.63, 3.8) is 0 Å². The molecule has 1 saturated heterocycles. The summed E-state index contributed by atoms with van der Waals surface area (Å²) in [6, 6.07) is 2.74. The van der Waals surface area contributed by atoms with Gasteiger partial charge in [-0.05, 0) is 70.7 Å². The maximum atomic E-state index is 13.0. The van der Waals surface area contributed by atoms with E-state index in [1.165, 1.54) is 0 Å². The third-order valence-corrected chi connectivity index (χ3v) is 4.24. The molecule has 0 bridgehead atoms. The highest BCUT2D eigenvalue weighted by Gasteiger charge is 2.37. The number of esters is 1. The smallest absolute Gasteiger partial charge is 0.341 e. The van der Waals surface area contributed by atoms with Crippen LogP contribution in [0.1, 0.15) is 55.1 Å². The largest absolute Gasteiger partial charge is 0.481 e. The predicted octanol–water partition coefficient (Wildman–Crippen LogP) is 2.71. The summed E-state index contributed by atoms with van der Waals surface area (Å²) < 4.78 is 10.8. The molecule has 1 atom stereocenters. The Kier molecular flexibility index (Phi) is 6.13. The van der Waals surface area contributed by atoms with Gasteiger partial charge in [0.1, 0.15) is 17.4 Å². The number of carboxylic acid groups (broad SMARTS) is 1. The van der Waals surface area contributed by atoms with Gasteiger partial charge >= 0.3 is 11.9 Å². The summed E-state index contributed by atoms with van der Waals surface area (Å²) in [4.78, 5) is 37.7. The number of ether oxygens (including phenoxy) is 2.